The average Bonchev–Trinajstić information content (AvgIpc) is 3.20. The van der Waals surface area contributed by atoms with Gasteiger partial charge < -0.3 is 8.98 Å². The Morgan fingerprint density at radius 3 is 2.52 bits per heavy atom. The van der Waals surface area contributed by atoms with Crippen molar-refractivity contribution in [3.63, 3.8) is 0 Å². The number of benzene rings is 1. The molecule has 0 aliphatic heterocycles. The molecule has 0 unspecified atom stereocenters. The minimum Gasteiger partial charge on any atom is -0.431 e. The summed E-state index contributed by atoms with van der Waals surface area (Å²) in [4.78, 5) is 16.8. The molecule has 0 saturated heterocycles. The lowest BCUT2D eigenvalue weighted by molar-refractivity contribution is -0.141. The van der Waals surface area contributed by atoms with Crippen molar-refractivity contribution >= 4 is 38.7 Å². The molecule has 0 radical (unpaired) electrons. The lowest BCUT2D eigenvalue weighted by atomic mass is 10.2. The third-order valence-electron chi connectivity index (χ3n) is 4.66. The maximum atomic E-state index is 12.8. The fourth-order valence-electron chi connectivity index (χ4n) is 3.03. The number of oxazole rings is 1. The highest BCUT2D eigenvalue weighted by molar-refractivity contribution is 7.99. The lowest BCUT2D eigenvalue weighted by Crippen LogP contribution is -2.22. The Kier molecular flexibility index (Phi) is 6.27. The number of aryl methyl sites for hydroxylation is 1. The van der Waals surface area contributed by atoms with Gasteiger partial charge in [-0.15, -0.1) is 0 Å². The molecule has 0 bridgehead atoms. The largest absolute Gasteiger partial charge is 0.431 e. The zero-order valence-corrected chi connectivity index (χ0v) is 18.8. The van der Waals surface area contributed by atoms with E-state index in [2.05, 4.69) is 4.98 Å². The first-order chi connectivity index (χ1) is 14.3. The maximum absolute atomic E-state index is 12.8. The number of fused-ring (bicyclic) bond motifs is 1. The highest BCUT2D eigenvalue weighted by Gasteiger charge is 2.30. The Bertz CT molecular complexity index is 1240. The number of aromatic nitrogens is 2. The second kappa shape index (κ2) is 8.32. The molecule has 2 aromatic heterocycles. The van der Waals surface area contributed by atoms with E-state index in [0.717, 1.165) is 20.6 Å². The Balaban J connectivity index is 1.77. The third-order valence-corrected chi connectivity index (χ3v) is 7.30. The number of ketones is 1. The number of thioether (sulfide) groups is 1. The average molecular weight is 476 g/mol. The van der Waals surface area contributed by atoms with Crippen molar-refractivity contribution in [1.29, 1.82) is 0 Å². The van der Waals surface area contributed by atoms with Crippen LogP contribution in [0.25, 0.3) is 11.1 Å². The molecule has 0 spiro atoms. The zero-order valence-electron chi connectivity index (χ0n) is 17.1. The van der Waals surface area contributed by atoms with Crippen LogP contribution in [-0.2, 0) is 16.6 Å². The summed E-state index contributed by atoms with van der Waals surface area (Å²) in [6.07, 6.45) is -4.39. The second-order valence-corrected chi connectivity index (χ2v) is 10.2. The van der Waals surface area contributed by atoms with E-state index in [1.165, 1.54) is 52.2 Å². The molecule has 0 fully saturated rings. The first kappa shape index (κ1) is 23.4. The molecular weight excluding hydrogens is 455 g/mol. The van der Waals surface area contributed by atoms with E-state index in [9.17, 15) is 26.4 Å². The topological polar surface area (TPSA) is 85.4 Å². The molecule has 2 heterocycles. The summed E-state index contributed by atoms with van der Waals surface area (Å²) in [5.74, 6) is -0.448. The Hall–Kier alpha value is -2.31. The van der Waals surface area contributed by atoms with Gasteiger partial charge in [-0.25, -0.2) is 17.7 Å². The first-order valence-corrected chi connectivity index (χ1v) is 11.4. The molecule has 0 aliphatic rings. The fraction of sp³-hybridized carbons (Fsp3) is 0.368. The minimum absolute atomic E-state index is 0.0584. The van der Waals surface area contributed by atoms with Crippen LogP contribution >= 0.6 is 11.8 Å². The second-order valence-electron chi connectivity index (χ2n) is 7.09. The fourth-order valence-corrected chi connectivity index (χ4v) is 4.67. The van der Waals surface area contributed by atoms with E-state index in [-0.39, 0.29) is 32.9 Å². The SMILES string of the molecule is Cc1cc(C(=O)CSc2nc3cc(S(=O)(=O)N(C)C)ccc3o2)c(C)n1CC(F)(F)F. The van der Waals surface area contributed by atoms with E-state index in [0.29, 0.717) is 16.8 Å². The quantitative estimate of drug-likeness (QED) is 0.379. The van der Waals surface area contributed by atoms with Gasteiger partial charge in [0.15, 0.2) is 11.4 Å². The number of hydrogen-bond acceptors (Lipinski definition) is 6. The number of hydrogen-bond donors (Lipinski definition) is 0. The van der Waals surface area contributed by atoms with Gasteiger partial charge in [0.25, 0.3) is 5.22 Å². The van der Waals surface area contributed by atoms with Crippen LogP contribution in [0.4, 0.5) is 13.2 Å². The normalized spacial score (nSPS) is 12.8. The van der Waals surface area contributed by atoms with Crippen molar-refractivity contribution < 1.29 is 30.8 Å². The van der Waals surface area contributed by atoms with Crippen molar-refractivity contribution in [1.82, 2.24) is 13.9 Å². The Morgan fingerprint density at radius 1 is 1.23 bits per heavy atom. The van der Waals surface area contributed by atoms with E-state index < -0.39 is 22.7 Å². The van der Waals surface area contributed by atoms with Crippen molar-refractivity contribution in [2.24, 2.45) is 0 Å². The summed E-state index contributed by atoms with van der Waals surface area (Å²) in [6, 6.07) is 5.70. The van der Waals surface area contributed by atoms with E-state index in [1.54, 1.807) is 0 Å². The van der Waals surface area contributed by atoms with Crippen LogP contribution in [-0.4, -0.2) is 54.1 Å². The van der Waals surface area contributed by atoms with Gasteiger partial charge in [0.05, 0.1) is 10.6 Å². The van der Waals surface area contributed by atoms with E-state index in [1.807, 2.05) is 0 Å². The molecular formula is C19H20F3N3O4S2. The van der Waals surface area contributed by atoms with Crippen molar-refractivity contribution in [2.45, 2.75) is 36.7 Å². The predicted molar refractivity (Wildman–Crippen MR) is 110 cm³/mol. The molecule has 3 rings (SSSR count). The van der Waals surface area contributed by atoms with Gasteiger partial charge >= 0.3 is 6.18 Å². The van der Waals surface area contributed by atoms with Gasteiger partial charge in [0.2, 0.25) is 10.0 Å². The van der Waals surface area contributed by atoms with E-state index >= 15 is 0 Å². The summed E-state index contributed by atoms with van der Waals surface area (Å²) < 4.78 is 70.5. The molecule has 0 amide bonds. The number of halogens is 3. The van der Waals surface area contributed by atoms with Gasteiger partial charge in [0.1, 0.15) is 12.1 Å². The van der Waals surface area contributed by atoms with Gasteiger partial charge in [0, 0.05) is 31.0 Å². The highest BCUT2D eigenvalue weighted by Crippen LogP contribution is 2.28. The minimum atomic E-state index is -4.39. The third kappa shape index (κ3) is 4.96. The maximum Gasteiger partial charge on any atom is 0.406 e. The number of Topliss-reactive ketones (excluding diaryl/α,β-unsaturated/α-hetero) is 1. The molecule has 0 aliphatic carbocycles. The smallest absolute Gasteiger partial charge is 0.406 e. The molecule has 1 aromatic carbocycles. The van der Waals surface area contributed by atoms with Gasteiger partial charge in [-0.2, -0.15) is 13.2 Å². The van der Waals surface area contributed by atoms with Crippen LogP contribution in [0, 0.1) is 13.8 Å². The van der Waals surface area contributed by atoms with Crippen LogP contribution in [0.15, 0.2) is 38.8 Å². The molecule has 0 N–H and O–H groups in total. The van der Waals surface area contributed by atoms with Crippen LogP contribution in [0.1, 0.15) is 21.7 Å². The number of sulfonamides is 1. The summed E-state index contributed by atoms with van der Waals surface area (Å²) in [7, 11) is -0.797. The van der Waals surface area contributed by atoms with E-state index in [4.69, 9.17) is 4.42 Å². The number of carbonyl (C=O) groups is 1. The standard InChI is InChI=1S/C19H20F3N3O4S2/c1-11-7-14(12(2)25(11)10-19(20,21)22)16(26)9-30-18-23-15-8-13(5-6-17(15)29-18)31(27,28)24(3)4/h5-8H,9-10H2,1-4H3. The van der Waals surface area contributed by atoms with Crippen molar-refractivity contribution in [3.8, 4) is 0 Å². The van der Waals surface area contributed by atoms with Gasteiger partial charge in [-0.1, -0.05) is 11.8 Å². The summed E-state index contributed by atoms with van der Waals surface area (Å²) >= 11 is 0.987. The van der Waals surface area contributed by atoms with Crippen LogP contribution in [0.2, 0.25) is 0 Å². The van der Waals surface area contributed by atoms with Gasteiger partial charge in [-0.3, -0.25) is 4.79 Å². The molecule has 3 aromatic rings. The number of rotatable bonds is 7. The molecule has 7 nitrogen and oxygen atoms in total. The Labute approximate surface area is 181 Å². The van der Waals surface area contributed by atoms with Crippen LogP contribution < -0.4 is 0 Å². The summed E-state index contributed by atoms with van der Waals surface area (Å²) in [5.41, 5.74) is 1.48. The molecule has 12 heteroatoms. The number of carbonyl (C=O) groups excluding carboxylic acids is 1. The predicted octanol–water partition coefficient (Wildman–Crippen LogP) is 4.03. The highest BCUT2D eigenvalue weighted by atomic mass is 32.2. The van der Waals surface area contributed by atoms with Crippen LogP contribution in [0.3, 0.4) is 0 Å². The first-order valence-electron chi connectivity index (χ1n) is 9.02. The zero-order chi connectivity index (χ0) is 23.1. The van der Waals surface area contributed by atoms with Crippen LogP contribution in [0.5, 0.6) is 0 Å². The number of nitrogens with zero attached hydrogens (tertiary/aromatic N) is 3. The molecule has 31 heavy (non-hydrogen) atoms. The monoisotopic (exact) mass is 475 g/mol. The van der Waals surface area contributed by atoms with Gasteiger partial charge in [-0.05, 0) is 38.1 Å². The number of alkyl halides is 3. The molecule has 0 atom stereocenters. The van der Waals surface area contributed by atoms with Crippen molar-refractivity contribution in [2.75, 3.05) is 19.8 Å². The molecule has 168 valence electrons. The lowest BCUT2D eigenvalue weighted by Gasteiger charge is -2.12. The van der Waals surface area contributed by atoms with Crippen molar-refractivity contribution in [3.05, 3.63) is 41.2 Å². The molecule has 0 saturated carbocycles. The Morgan fingerprint density at radius 2 is 1.90 bits per heavy atom. The summed E-state index contributed by atoms with van der Waals surface area (Å²) in [5, 5.41) is 0.159. The summed E-state index contributed by atoms with van der Waals surface area (Å²) in [6.45, 7) is 1.83.